The van der Waals surface area contributed by atoms with Crippen molar-refractivity contribution in [3.63, 3.8) is 0 Å². The van der Waals surface area contributed by atoms with E-state index in [2.05, 4.69) is 28.2 Å². The standard InChI is InChI=1S/C15H20N4O2/c1-2-11-3-4-12(16-7-11)9-18-5-6-19-13(10-18)15(21)17-8-14(19)20/h3-4,7,13H,2,5-6,8-10H2,1H3,(H,17,21)/t13-/m1/s1. The average Bonchev–Trinajstić information content (AvgIpc) is 2.52. The topological polar surface area (TPSA) is 65.5 Å². The Morgan fingerprint density at radius 3 is 2.90 bits per heavy atom. The van der Waals surface area contributed by atoms with Gasteiger partial charge in [-0.3, -0.25) is 19.5 Å². The third-order valence-electron chi connectivity index (χ3n) is 4.18. The van der Waals surface area contributed by atoms with Crippen molar-refractivity contribution < 1.29 is 9.59 Å². The number of pyridine rings is 1. The zero-order valence-electron chi connectivity index (χ0n) is 12.2. The molecular weight excluding hydrogens is 268 g/mol. The van der Waals surface area contributed by atoms with Gasteiger partial charge in [0.15, 0.2) is 0 Å². The Labute approximate surface area is 124 Å². The number of hydrogen-bond donors (Lipinski definition) is 1. The minimum atomic E-state index is -0.352. The Hall–Kier alpha value is -1.95. The molecule has 0 radical (unpaired) electrons. The smallest absolute Gasteiger partial charge is 0.244 e. The van der Waals surface area contributed by atoms with Crippen molar-refractivity contribution in [1.82, 2.24) is 20.1 Å². The Morgan fingerprint density at radius 1 is 1.33 bits per heavy atom. The number of amides is 2. The van der Waals surface area contributed by atoms with Gasteiger partial charge in [-0.05, 0) is 18.1 Å². The van der Waals surface area contributed by atoms with Gasteiger partial charge in [0.25, 0.3) is 0 Å². The number of nitrogens with zero attached hydrogens (tertiary/aromatic N) is 3. The predicted molar refractivity (Wildman–Crippen MR) is 77.4 cm³/mol. The first-order valence-electron chi connectivity index (χ1n) is 7.40. The lowest BCUT2D eigenvalue weighted by Gasteiger charge is -2.42. The Bertz CT molecular complexity index is 543. The highest BCUT2D eigenvalue weighted by Crippen LogP contribution is 2.15. The summed E-state index contributed by atoms with van der Waals surface area (Å²) in [6.45, 7) is 4.94. The molecule has 6 heteroatoms. The van der Waals surface area contributed by atoms with Crippen LogP contribution in [0, 0.1) is 0 Å². The summed E-state index contributed by atoms with van der Waals surface area (Å²) in [6.07, 6.45) is 2.89. The molecule has 2 amide bonds. The van der Waals surface area contributed by atoms with Gasteiger partial charge < -0.3 is 10.2 Å². The number of aromatic nitrogens is 1. The number of fused-ring (bicyclic) bond motifs is 1. The summed E-state index contributed by atoms with van der Waals surface area (Å²) >= 11 is 0. The summed E-state index contributed by atoms with van der Waals surface area (Å²) in [6, 6.07) is 3.78. The number of aryl methyl sites for hydroxylation is 1. The number of piperazine rings is 2. The van der Waals surface area contributed by atoms with Crippen LogP contribution in [0.5, 0.6) is 0 Å². The Balaban J connectivity index is 1.65. The zero-order valence-corrected chi connectivity index (χ0v) is 12.2. The van der Waals surface area contributed by atoms with Crippen LogP contribution in [0.1, 0.15) is 18.2 Å². The van der Waals surface area contributed by atoms with Crippen LogP contribution in [0.15, 0.2) is 18.3 Å². The van der Waals surface area contributed by atoms with Crippen LogP contribution in [-0.2, 0) is 22.6 Å². The fourth-order valence-corrected chi connectivity index (χ4v) is 2.87. The maximum absolute atomic E-state index is 11.9. The summed E-state index contributed by atoms with van der Waals surface area (Å²) in [4.78, 5) is 32.0. The second-order valence-corrected chi connectivity index (χ2v) is 5.57. The van der Waals surface area contributed by atoms with E-state index in [9.17, 15) is 9.59 Å². The minimum absolute atomic E-state index is 0.0182. The minimum Gasteiger partial charge on any atom is -0.345 e. The number of carbonyl (C=O) groups is 2. The molecule has 0 unspecified atom stereocenters. The van der Waals surface area contributed by atoms with Gasteiger partial charge in [-0.25, -0.2) is 0 Å². The van der Waals surface area contributed by atoms with Crippen molar-refractivity contribution in [2.45, 2.75) is 25.9 Å². The molecule has 21 heavy (non-hydrogen) atoms. The summed E-state index contributed by atoms with van der Waals surface area (Å²) in [7, 11) is 0. The largest absolute Gasteiger partial charge is 0.345 e. The first kappa shape index (κ1) is 14.0. The first-order valence-corrected chi connectivity index (χ1v) is 7.40. The van der Waals surface area contributed by atoms with E-state index in [-0.39, 0.29) is 24.4 Å². The van der Waals surface area contributed by atoms with Crippen molar-refractivity contribution in [1.29, 1.82) is 0 Å². The van der Waals surface area contributed by atoms with Crippen molar-refractivity contribution >= 4 is 11.8 Å². The van der Waals surface area contributed by atoms with E-state index in [0.717, 1.165) is 25.2 Å². The maximum atomic E-state index is 11.9. The van der Waals surface area contributed by atoms with E-state index in [1.165, 1.54) is 5.56 Å². The molecule has 3 heterocycles. The number of carbonyl (C=O) groups excluding carboxylic acids is 2. The molecule has 0 spiro atoms. The van der Waals surface area contributed by atoms with Gasteiger partial charge in [0.2, 0.25) is 11.8 Å². The molecule has 1 atom stereocenters. The van der Waals surface area contributed by atoms with E-state index in [4.69, 9.17) is 0 Å². The lowest BCUT2D eigenvalue weighted by Crippen LogP contribution is -2.65. The first-order chi connectivity index (χ1) is 10.2. The Kier molecular flexibility index (Phi) is 3.88. The number of hydrogen-bond acceptors (Lipinski definition) is 4. The van der Waals surface area contributed by atoms with Crippen LogP contribution < -0.4 is 5.32 Å². The second kappa shape index (κ2) is 5.81. The fraction of sp³-hybridized carbons (Fsp3) is 0.533. The van der Waals surface area contributed by atoms with Crippen LogP contribution in [-0.4, -0.2) is 58.8 Å². The Morgan fingerprint density at radius 2 is 2.19 bits per heavy atom. The molecular formula is C15H20N4O2. The van der Waals surface area contributed by atoms with Gasteiger partial charge in [-0.1, -0.05) is 13.0 Å². The molecule has 3 rings (SSSR count). The van der Waals surface area contributed by atoms with E-state index in [0.29, 0.717) is 13.1 Å². The van der Waals surface area contributed by atoms with Gasteiger partial charge in [-0.15, -0.1) is 0 Å². The van der Waals surface area contributed by atoms with Crippen LogP contribution in [0.4, 0.5) is 0 Å². The van der Waals surface area contributed by atoms with Crippen LogP contribution >= 0.6 is 0 Å². The third kappa shape index (κ3) is 2.90. The quantitative estimate of drug-likeness (QED) is 0.835. The molecule has 0 saturated carbocycles. The lowest BCUT2D eigenvalue weighted by atomic mass is 10.1. The van der Waals surface area contributed by atoms with Gasteiger partial charge in [0, 0.05) is 32.4 Å². The van der Waals surface area contributed by atoms with Gasteiger partial charge in [0.05, 0.1) is 12.2 Å². The van der Waals surface area contributed by atoms with E-state index in [1.54, 1.807) is 4.90 Å². The summed E-state index contributed by atoms with van der Waals surface area (Å²) in [5, 5.41) is 2.66. The highest BCUT2D eigenvalue weighted by atomic mass is 16.2. The monoisotopic (exact) mass is 288 g/mol. The molecule has 2 aliphatic rings. The molecule has 2 aliphatic heterocycles. The van der Waals surface area contributed by atoms with Crippen LogP contribution in [0.2, 0.25) is 0 Å². The van der Waals surface area contributed by atoms with Crippen molar-refractivity contribution in [3.8, 4) is 0 Å². The number of nitrogens with one attached hydrogen (secondary N) is 1. The van der Waals surface area contributed by atoms with E-state index >= 15 is 0 Å². The molecule has 112 valence electrons. The normalized spacial score (nSPS) is 22.9. The number of rotatable bonds is 3. The molecule has 2 fully saturated rings. The predicted octanol–water partition coefficient (Wildman–Crippen LogP) is -0.213. The van der Waals surface area contributed by atoms with Crippen LogP contribution in [0.25, 0.3) is 0 Å². The molecule has 6 nitrogen and oxygen atoms in total. The van der Waals surface area contributed by atoms with Gasteiger partial charge in [-0.2, -0.15) is 0 Å². The summed E-state index contributed by atoms with van der Waals surface area (Å²) in [5.41, 5.74) is 2.23. The summed E-state index contributed by atoms with van der Waals surface area (Å²) < 4.78 is 0. The molecule has 0 aliphatic carbocycles. The maximum Gasteiger partial charge on any atom is 0.244 e. The molecule has 1 aromatic heterocycles. The SMILES string of the molecule is CCc1ccc(CN2CCN3C(=O)CNC(=O)[C@H]3C2)nc1. The van der Waals surface area contributed by atoms with E-state index in [1.807, 2.05) is 12.3 Å². The van der Waals surface area contributed by atoms with Crippen molar-refractivity contribution in [3.05, 3.63) is 29.6 Å². The molecule has 0 aromatic carbocycles. The highest BCUT2D eigenvalue weighted by molar-refractivity contribution is 5.95. The van der Waals surface area contributed by atoms with E-state index < -0.39 is 0 Å². The molecule has 0 bridgehead atoms. The molecule has 1 aromatic rings. The second-order valence-electron chi connectivity index (χ2n) is 5.57. The van der Waals surface area contributed by atoms with Crippen molar-refractivity contribution in [2.75, 3.05) is 26.2 Å². The van der Waals surface area contributed by atoms with Crippen molar-refractivity contribution in [2.24, 2.45) is 0 Å². The lowest BCUT2D eigenvalue weighted by molar-refractivity contribution is -0.149. The fourth-order valence-electron chi connectivity index (χ4n) is 2.87. The highest BCUT2D eigenvalue weighted by Gasteiger charge is 2.38. The van der Waals surface area contributed by atoms with Gasteiger partial charge in [0.1, 0.15) is 6.04 Å². The molecule has 2 saturated heterocycles. The molecule has 1 N–H and O–H groups in total. The average molecular weight is 288 g/mol. The summed E-state index contributed by atoms with van der Waals surface area (Å²) in [5.74, 6) is -0.0294. The zero-order chi connectivity index (χ0) is 14.8. The van der Waals surface area contributed by atoms with Gasteiger partial charge >= 0.3 is 0 Å². The van der Waals surface area contributed by atoms with Crippen LogP contribution in [0.3, 0.4) is 0 Å². The third-order valence-corrected chi connectivity index (χ3v) is 4.18.